The van der Waals surface area contributed by atoms with Crippen molar-refractivity contribution in [2.45, 2.75) is 13.5 Å². The largest absolute Gasteiger partial charge is 0.303 e. The van der Waals surface area contributed by atoms with E-state index < -0.39 is 11.8 Å². The fraction of sp³-hybridized carbons (Fsp3) is 0.0769. The average molecular weight is 520 g/mol. The molecule has 3 aromatic carbocycles. The predicted octanol–water partition coefficient (Wildman–Crippen LogP) is 5.11. The number of thiocarbonyl (C=S) groups is 1. The van der Waals surface area contributed by atoms with E-state index in [1.54, 1.807) is 29.2 Å². The second-order valence-electron chi connectivity index (χ2n) is 7.97. The molecular weight excluding hydrogens is 502 g/mol. The Morgan fingerprint density at radius 3 is 2.43 bits per heavy atom. The molecule has 1 fully saturated rings. The maximum Gasteiger partial charge on any atom is 0.286 e. The maximum absolute atomic E-state index is 13.6. The predicted molar refractivity (Wildman–Crippen MR) is 142 cm³/mol. The van der Waals surface area contributed by atoms with Gasteiger partial charge in [0.05, 0.1) is 22.7 Å². The lowest BCUT2D eigenvalue weighted by molar-refractivity contribution is -0.124. The van der Waals surface area contributed by atoms with Gasteiger partial charge in [0, 0.05) is 16.1 Å². The van der Waals surface area contributed by atoms with Crippen LogP contribution in [0.1, 0.15) is 27.0 Å². The van der Waals surface area contributed by atoms with Crippen LogP contribution in [-0.4, -0.2) is 27.1 Å². The van der Waals surface area contributed by atoms with Gasteiger partial charge >= 0.3 is 0 Å². The molecule has 5 rings (SSSR count). The monoisotopic (exact) mass is 519 g/mol. The van der Waals surface area contributed by atoms with Gasteiger partial charge in [0.25, 0.3) is 17.7 Å². The first-order valence-corrected chi connectivity index (χ1v) is 12.3. The van der Waals surface area contributed by atoms with Crippen molar-refractivity contribution in [3.8, 4) is 0 Å². The fourth-order valence-electron chi connectivity index (χ4n) is 4.06. The van der Waals surface area contributed by atoms with Gasteiger partial charge < -0.3 is 4.90 Å². The van der Waals surface area contributed by atoms with E-state index in [1.807, 2.05) is 55.5 Å². The van der Waals surface area contributed by atoms with Crippen LogP contribution in [0, 0.1) is 6.92 Å². The molecule has 0 bridgehead atoms. The lowest BCUT2D eigenvalue weighted by atomic mass is 10.1. The van der Waals surface area contributed by atoms with E-state index >= 15 is 0 Å². The maximum atomic E-state index is 13.6. The lowest BCUT2D eigenvalue weighted by Crippen LogP contribution is -2.45. The average Bonchev–Trinajstić information content (AvgIpc) is 3.28. The normalized spacial score (nSPS) is 17.3. The highest BCUT2D eigenvalue weighted by Gasteiger charge is 2.42. The number of nitrogens with zero attached hydrogens (tertiary/aromatic N) is 2. The summed E-state index contributed by atoms with van der Waals surface area (Å²) < 4.78 is 0.147. The number of fused-ring (bicyclic) bond motifs is 1. The number of anilines is 1. The van der Waals surface area contributed by atoms with Gasteiger partial charge in [0.1, 0.15) is 0 Å². The van der Waals surface area contributed by atoms with Gasteiger partial charge in [0.2, 0.25) is 0 Å². The molecule has 9 heteroatoms. The Hall–Kier alpha value is -3.46. The zero-order valence-corrected chi connectivity index (χ0v) is 20.8. The van der Waals surface area contributed by atoms with Crippen LogP contribution in [0.25, 0.3) is 5.57 Å². The summed E-state index contributed by atoms with van der Waals surface area (Å²) in [7, 11) is 0. The molecule has 3 aromatic rings. The van der Waals surface area contributed by atoms with Gasteiger partial charge in [-0.25, -0.2) is 0 Å². The first-order valence-electron chi connectivity index (χ1n) is 10.7. The Balaban J connectivity index is 1.49. The number of hydrogen-bond acceptors (Lipinski definition) is 5. The zero-order valence-electron chi connectivity index (χ0n) is 18.4. The molecule has 6 nitrogen and oxygen atoms in total. The van der Waals surface area contributed by atoms with Gasteiger partial charge in [-0.2, -0.15) is 5.01 Å². The molecule has 3 amide bonds. The van der Waals surface area contributed by atoms with E-state index in [4.69, 9.17) is 23.8 Å². The van der Waals surface area contributed by atoms with Crippen molar-refractivity contribution >= 4 is 68.9 Å². The van der Waals surface area contributed by atoms with Crippen LogP contribution in [0.3, 0.4) is 0 Å². The van der Waals surface area contributed by atoms with Crippen molar-refractivity contribution in [3.05, 3.63) is 105 Å². The number of para-hydroxylation sites is 1. The SMILES string of the molecule is Cc1ccccc1C(=O)NN1C(=O)C(=C2C(=O)N(Cc3ccccc3Cl)c3ccccc32)SC1=S. The molecule has 0 atom stereocenters. The van der Waals surface area contributed by atoms with Gasteiger partial charge in [-0.1, -0.05) is 78.0 Å². The van der Waals surface area contributed by atoms with Crippen molar-refractivity contribution in [1.29, 1.82) is 0 Å². The topological polar surface area (TPSA) is 69.7 Å². The first-order chi connectivity index (χ1) is 16.9. The number of rotatable bonds is 4. The van der Waals surface area contributed by atoms with Crippen LogP contribution in [0.2, 0.25) is 5.02 Å². The summed E-state index contributed by atoms with van der Waals surface area (Å²) >= 11 is 12.7. The Labute approximate surface area is 216 Å². The minimum atomic E-state index is -0.542. The summed E-state index contributed by atoms with van der Waals surface area (Å²) in [6.07, 6.45) is 0. The van der Waals surface area contributed by atoms with Crippen molar-refractivity contribution in [2.75, 3.05) is 4.90 Å². The van der Waals surface area contributed by atoms with E-state index in [0.29, 0.717) is 21.8 Å². The second kappa shape index (κ2) is 9.30. The third kappa shape index (κ3) is 4.14. The van der Waals surface area contributed by atoms with Crippen LogP contribution in [0.4, 0.5) is 5.69 Å². The quantitative estimate of drug-likeness (QED) is 0.383. The minimum absolute atomic E-state index is 0.147. The first kappa shape index (κ1) is 23.3. The highest BCUT2D eigenvalue weighted by Crippen LogP contribution is 2.44. The number of aryl methyl sites for hydroxylation is 1. The second-order valence-corrected chi connectivity index (χ2v) is 10.0. The number of amides is 3. The minimum Gasteiger partial charge on any atom is -0.303 e. The number of carbonyl (C=O) groups is 3. The molecule has 1 N–H and O–H groups in total. The molecule has 0 aromatic heterocycles. The number of benzene rings is 3. The van der Waals surface area contributed by atoms with Crippen molar-refractivity contribution in [3.63, 3.8) is 0 Å². The smallest absolute Gasteiger partial charge is 0.286 e. The highest BCUT2D eigenvalue weighted by atomic mass is 35.5. The van der Waals surface area contributed by atoms with E-state index in [1.165, 1.54) is 0 Å². The van der Waals surface area contributed by atoms with Crippen molar-refractivity contribution < 1.29 is 14.4 Å². The summed E-state index contributed by atoms with van der Waals surface area (Å²) in [4.78, 5) is 41.6. The van der Waals surface area contributed by atoms with E-state index in [2.05, 4.69) is 5.43 Å². The number of carbonyl (C=O) groups excluding carboxylic acids is 3. The standard InChI is InChI=1S/C26H18ClN3O3S2/c1-15-8-2-4-10-17(15)23(31)28-30-25(33)22(35-26(30)34)21-18-11-5-7-13-20(18)29(24(21)32)14-16-9-3-6-12-19(16)27/h2-13H,14H2,1H3,(H,28,31). The number of nitrogens with one attached hydrogen (secondary N) is 1. The highest BCUT2D eigenvalue weighted by molar-refractivity contribution is 8.26. The molecular formula is C26H18ClN3O3S2. The number of thioether (sulfide) groups is 1. The summed E-state index contributed by atoms with van der Waals surface area (Å²) in [5.41, 5.74) is 6.16. The summed E-state index contributed by atoms with van der Waals surface area (Å²) in [5, 5.41) is 1.58. The third-order valence-corrected chi connectivity index (χ3v) is 7.55. The van der Waals surface area contributed by atoms with Crippen molar-refractivity contribution in [2.24, 2.45) is 0 Å². The van der Waals surface area contributed by atoms with E-state index in [0.717, 1.165) is 27.9 Å². The molecule has 2 aliphatic heterocycles. The number of hydrazine groups is 1. The molecule has 0 unspecified atom stereocenters. The summed E-state index contributed by atoms with van der Waals surface area (Å²) in [6.45, 7) is 2.06. The van der Waals surface area contributed by atoms with E-state index in [9.17, 15) is 14.4 Å². The zero-order chi connectivity index (χ0) is 24.7. The van der Waals surface area contributed by atoms with Gasteiger partial charge in [-0.05, 0) is 48.5 Å². The molecule has 0 aliphatic carbocycles. The number of halogens is 1. The summed E-state index contributed by atoms with van der Waals surface area (Å²) in [6, 6.07) is 21.6. The molecule has 2 aliphatic rings. The van der Waals surface area contributed by atoms with Crippen LogP contribution in [0.5, 0.6) is 0 Å². The fourth-order valence-corrected chi connectivity index (χ4v) is 5.50. The molecule has 0 saturated carbocycles. The Morgan fingerprint density at radius 1 is 0.971 bits per heavy atom. The number of hydrogen-bond donors (Lipinski definition) is 1. The molecule has 174 valence electrons. The Bertz CT molecular complexity index is 1450. The van der Waals surface area contributed by atoms with Gasteiger partial charge in [-0.15, -0.1) is 0 Å². The van der Waals surface area contributed by atoms with Gasteiger partial charge in [-0.3, -0.25) is 19.8 Å². The molecule has 1 saturated heterocycles. The van der Waals surface area contributed by atoms with Crippen LogP contribution >= 0.6 is 35.6 Å². The third-order valence-electron chi connectivity index (χ3n) is 5.81. The van der Waals surface area contributed by atoms with Crippen LogP contribution in [-0.2, 0) is 16.1 Å². The lowest BCUT2D eigenvalue weighted by Gasteiger charge is -2.18. The molecule has 35 heavy (non-hydrogen) atoms. The molecule has 0 spiro atoms. The Morgan fingerprint density at radius 2 is 1.66 bits per heavy atom. The Kier molecular flexibility index (Phi) is 6.19. The van der Waals surface area contributed by atoms with E-state index in [-0.39, 0.29) is 27.3 Å². The van der Waals surface area contributed by atoms with Crippen LogP contribution < -0.4 is 10.3 Å². The molecule has 0 radical (unpaired) electrons. The molecule has 2 heterocycles. The summed E-state index contributed by atoms with van der Waals surface area (Å²) in [5.74, 6) is -1.32. The van der Waals surface area contributed by atoms with Crippen LogP contribution in [0.15, 0.2) is 77.7 Å². The van der Waals surface area contributed by atoms with Gasteiger partial charge in [0.15, 0.2) is 4.32 Å². The van der Waals surface area contributed by atoms with Crippen molar-refractivity contribution in [1.82, 2.24) is 10.4 Å².